The number of hydrogen-bond donors (Lipinski definition) is 3. The molecule has 0 aliphatic rings. The van der Waals surface area contributed by atoms with E-state index in [1.54, 1.807) is 7.05 Å². The third-order valence-corrected chi connectivity index (χ3v) is 5.07. The Bertz CT molecular complexity index is 764. The van der Waals surface area contributed by atoms with Crippen molar-refractivity contribution in [2.24, 2.45) is 4.99 Å². The molecule has 0 bridgehead atoms. The number of amides is 1. The molecule has 0 heterocycles. The van der Waals surface area contributed by atoms with Crippen LogP contribution < -0.4 is 16.0 Å². The molecule has 1 amide bonds. The number of benzene rings is 2. The molecule has 0 aliphatic carbocycles. The Labute approximate surface area is 180 Å². The van der Waals surface area contributed by atoms with Gasteiger partial charge in [0.2, 0.25) is 0 Å². The highest BCUT2D eigenvalue weighted by molar-refractivity contribution is 5.94. The van der Waals surface area contributed by atoms with Crippen molar-refractivity contribution < 1.29 is 4.79 Å². The number of nitrogens with zero attached hydrogens (tertiary/aromatic N) is 2. The highest BCUT2D eigenvalue weighted by Crippen LogP contribution is 2.07. The molecule has 0 aliphatic heterocycles. The summed E-state index contributed by atoms with van der Waals surface area (Å²) in [5.74, 6) is 0.758. The summed E-state index contributed by atoms with van der Waals surface area (Å²) in [6, 6.07) is 20.3. The van der Waals surface area contributed by atoms with Crippen LogP contribution in [-0.4, -0.2) is 56.5 Å². The predicted molar refractivity (Wildman–Crippen MR) is 125 cm³/mol. The molecule has 0 saturated heterocycles. The van der Waals surface area contributed by atoms with Gasteiger partial charge in [-0.1, -0.05) is 48.5 Å². The van der Waals surface area contributed by atoms with Crippen LogP contribution in [0, 0.1) is 0 Å². The predicted octanol–water partition coefficient (Wildman–Crippen LogP) is 2.88. The number of carbonyl (C=O) groups is 1. The smallest absolute Gasteiger partial charge is 0.251 e. The molecule has 6 heteroatoms. The van der Waals surface area contributed by atoms with Gasteiger partial charge in [0.25, 0.3) is 5.91 Å². The van der Waals surface area contributed by atoms with Gasteiger partial charge in [0.15, 0.2) is 5.96 Å². The summed E-state index contributed by atoms with van der Waals surface area (Å²) in [6.07, 6.45) is 1.85. The van der Waals surface area contributed by atoms with E-state index in [4.69, 9.17) is 0 Å². The van der Waals surface area contributed by atoms with Crippen LogP contribution in [0.2, 0.25) is 0 Å². The molecule has 0 radical (unpaired) electrons. The monoisotopic (exact) mass is 409 g/mol. The zero-order chi connectivity index (χ0) is 21.6. The molecule has 2 aromatic carbocycles. The number of carbonyl (C=O) groups excluding carboxylic acids is 1. The highest BCUT2D eigenvalue weighted by Gasteiger charge is 2.10. The normalized spacial score (nSPS) is 12.5. The van der Waals surface area contributed by atoms with Crippen LogP contribution in [-0.2, 0) is 6.54 Å². The van der Waals surface area contributed by atoms with Gasteiger partial charge >= 0.3 is 0 Å². The SMILES string of the molecule is CN=C(NCCCNC(=O)c1ccccc1)NCCC(C)N(C)Cc1ccccc1. The minimum Gasteiger partial charge on any atom is -0.356 e. The molecular weight excluding hydrogens is 374 g/mol. The Morgan fingerprint density at radius 3 is 2.20 bits per heavy atom. The lowest BCUT2D eigenvalue weighted by atomic mass is 10.1. The number of hydrogen-bond acceptors (Lipinski definition) is 3. The van der Waals surface area contributed by atoms with Crippen molar-refractivity contribution >= 4 is 11.9 Å². The van der Waals surface area contributed by atoms with Gasteiger partial charge in [-0.3, -0.25) is 14.7 Å². The summed E-state index contributed by atoms with van der Waals surface area (Å²) in [4.78, 5) is 18.6. The van der Waals surface area contributed by atoms with E-state index in [0.29, 0.717) is 18.2 Å². The van der Waals surface area contributed by atoms with E-state index in [1.165, 1.54) is 5.56 Å². The second kappa shape index (κ2) is 13.4. The first-order valence-electron chi connectivity index (χ1n) is 10.6. The largest absolute Gasteiger partial charge is 0.356 e. The molecule has 30 heavy (non-hydrogen) atoms. The van der Waals surface area contributed by atoms with Crippen molar-refractivity contribution in [3.63, 3.8) is 0 Å². The molecule has 162 valence electrons. The van der Waals surface area contributed by atoms with Crippen LogP contribution in [0.25, 0.3) is 0 Å². The van der Waals surface area contributed by atoms with Gasteiger partial charge in [0, 0.05) is 44.8 Å². The van der Waals surface area contributed by atoms with Crippen LogP contribution in [0.5, 0.6) is 0 Å². The lowest BCUT2D eigenvalue weighted by molar-refractivity contribution is 0.0953. The molecule has 0 saturated carbocycles. The molecule has 0 fully saturated rings. The van der Waals surface area contributed by atoms with E-state index in [-0.39, 0.29) is 5.91 Å². The second-order valence-electron chi connectivity index (χ2n) is 7.44. The van der Waals surface area contributed by atoms with Gasteiger partial charge in [-0.05, 0) is 44.5 Å². The van der Waals surface area contributed by atoms with Crippen molar-refractivity contribution in [1.29, 1.82) is 0 Å². The number of rotatable bonds is 11. The Morgan fingerprint density at radius 1 is 0.933 bits per heavy atom. The van der Waals surface area contributed by atoms with E-state index < -0.39 is 0 Å². The fourth-order valence-corrected chi connectivity index (χ4v) is 3.06. The Balaban J connectivity index is 1.57. The first-order valence-corrected chi connectivity index (χ1v) is 10.6. The lowest BCUT2D eigenvalue weighted by Gasteiger charge is -2.25. The van der Waals surface area contributed by atoms with Crippen LogP contribution in [0.15, 0.2) is 65.7 Å². The molecular formula is C24H35N5O. The maximum atomic E-state index is 12.0. The molecule has 6 nitrogen and oxygen atoms in total. The number of nitrogens with one attached hydrogen (secondary N) is 3. The van der Waals surface area contributed by atoms with E-state index in [2.05, 4.69) is 64.1 Å². The Morgan fingerprint density at radius 2 is 1.53 bits per heavy atom. The minimum atomic E-state index is -0.0354. The van der Waals surface area contributed by atoms with E-state index in [9.17, 15) is 4.79 Å². The topological polar surface area (TPSA) is 68.8 Å². The van der Waals surface area contributed by atoms with Gasteiger partial charge in [0.1, 0.15) is 0 Å². The van der Waals surface area contributed by atoms with E-state index in [1.807, 2.05) is 36.4 Å². The van der Waals surface area contributed by atoms with Crippen molar-refractivity contribution in [1.82, 2.24) is 20.9 Å². The fourth-order valence-electron chi connectivity index (χ4n) is 3.06. The molecule has 0 aromatic heterocycles. The van der Waals surface area contributed by atoms with Crippen molar-refractivity contribution in [2.75, 3.05) is 33.7 Å². The summed E-state index contributed by atoms with van der Waals surface area (Å²) in [5, 5.41) is 9.61. The maximum absolute atomic E-state index is 12.0. The second-order valence-corrected chi connectivity index (χ2v) is 7.44. The first-order chi connectivity index (χ1) is 14.6. The molecule has 1 atom stereocenters. The zero-order valence-corrected chi connectivity index (χ0v) is 18.4. The Hall–Kier alpha value is -2.86. The van der Waals surface area contributed by atoms with Crippen molar-refractivity contribution in [2.45, 2.75) is 32.4 Å². The maximum Gasteiger partial charge on any atom is 0.251 e. The van der Waals surface area contributed by atoms with Crippen molar-refractivity contribution in [3.8, 4) is 0 Å². The van der Waals surface area contributed by atoms with Crippen LogP contribution in [0.3, 0.4) is 0 Å². The average Bonchev–Trinajstić information content (AvgIpc) is 2.78. The highest BCUT2D eigenvalue weighted by atomic mass is 16.1. The molecule has 2 rings (SSSR count). The number of aliphatic imine (C=N–C) groups is 1. The molecule has 1 unspecified atom stereocenters. The van der Waals surface area contributed by atoms with Gasteiger partial charge in [-0.25, -0.2) is 0 Å². The van der Waals surface area contributed by atoms with E-state index in [0.717, 1.165) is 38.4 Å². The fraction of sp³-hybridized carbons (Fsp3) is 0.417. The van der Waals surface area contributed by atoms with Crippen LogP contribution in [0.4, 0.5) is 0 Å². The third kappa shape index (κ3) is 8.66. The van der Waals surface area contributed by atoms with E-state index >= 15 is 0 Å². The van der Waals surface area contributed by atoms with Crippen LogP contribution >= 0.6 is 0 Å². The minimum absolute atomic E-state index is 0.0354. The molecule has 3 N–H and O–H groups in total. The van der Waals surface area contributed by atoms with Gasteiger partial charge < -0.3 is 16.0 Å². The first kappa shape index (κ1) is 23.4. The lowest BCUT2D eigenvalue weighted by Crippen LogP contribution is -2.41. The van der Waals surface area contributed by atoms with Gasteiger partial charge in [0.05, 0.1) is 0 Å². The summed E-state index contributed by atoms with van der Waals surface area (Å²) in [5.41, 5.74) is 2.02. The summed E-state index contributed by atoms with van der Waals surface area (Å²) >= 11 is 0. The summed E-state index contributed by atoms with van der Waals surface area (Å²) < 4.78 is 0. The summed E-state index contributed by atoms with van der Waals surface area (Å²) in [7, 11) is 3.94. The van der Waals surface area contributed by atoms with Crippen LogP contribution in [0.1, 0.15) is 35.7 Å². The van der Waals surface area contributed by atoms with Crippen molar-refractivity contribution in [3.05, 3.63) is 71.8 Å². The number of guanidine groups is 1. The molecule has 2 aromatic rings. The standard InChI is InChI=1S/C24H35N5O/c1-20(29(3)19-21-11-6-4-7-12-21)15-18-28-24(25-2)27-17-10-16-26-23(30)22-13-8-5-9-14-22/h4-9,11-14,20H,10,15-19H2,1-3H3,(H,26,30)(H2,25,27,28). The quantitative estimate of drug-likeness (QED) is 0.303. The average molecular weight is 410 g/mol. The third-order valence-electron chi connectivity index (χ3n) is 5.07. The zero-order valence-electron chi connectivity index (χ0n) is 18.4. The Kier molecular flexibility index (Phi) is 10.4. The molecule has 0 spiro atoms. The van der Waals surface area contributed by atoms with Gasteiger partial charge in [-0.2, -0.15) is 0 Å². The summed E-state index contributed by atoms with van der Waals surface area (Å²) in [6.45, 7) is 5.42. The van der Waals surface area contributed by atoms with Gasteiger partial charge in [-0.15, -0.1) is 0 Å².